The van der Waals surface area contributed by atoms with Crippen LogP contribution in [0.25, 0.3) is 0 Å². The van der Waals surface area contributed by atoms with Crippen LogP contribution in [0.2, 0.25) is 0 Å². The number of carbonyl (C=O) groups is 1. The fraction of sp³-hybridized carbons (Fsp3) is 0.321. The molecule has 1 aliphatic heterocycles. The Hall–Kier alpha value is -3.71. The van der Waals surface area contributed by atoms with Gasteiger partial charge < -0.3 is 19.3 Å². The molecule has 0 amide bonds. The summed E-state index contributed by atoms with van der Waals surface area (Å²) in [6.45, 7) is 9.63. The van der Waals surface area contributed by atoms with Gasteiger partial charge in [-0.15, -0.1) is 0 Å². The summed E-state index contributed by atoms with van der Waals surface area (Å²) >= 11 is 0. The van der Waals surface area contributed by atoms with Crippen LogP contribution < -0.4 is 9.80 Å². The van der Waals surface area contributed by atoms with Gasteiger partial charge in [-0.3, -0.25) is 0 Å². The van der Waals surface area contributed by atoms with E-state index >= 15 is 0 Å². The lowest BCUT2D eigenvalue weighted by molar-refractivity contribution is 0.0526. The number of esters is 1. The molecular weight excluding hydrogens is 440 g/mol. The molecule has 4 rings (SSSR count). The van der Waals surface area contributed by atoms with E-state index in [0.717, 1.165) is 60.2 Å². The monoisotopic (exact) mass is 472 g/mol. The van der Waals surface area contributed by atoms with Crippen molar-refractivity contribution in [2.75, 3.05) is 49.8 Å². The smallest absolute Gasteiger partial charge is 0.338 e. The van der Waals surface area contributed by atoms with Crippen LogP contribution in [0.15, 0.2) is 70.9 Å². The summed E-state index contributed by atoms with van der Waals surface area (Å²) in [5.74, 6) is -0.306. The van der Waals surface area contributed by atoms with Crippen molar-refractivity contribution in [2.24, 2.45) is 10.2 Å². The number of rotatable bonds is 7. The fourth-order valence-corrected chi connectivity index (χ4v) is 4.09. The molecule has 7 nitrogen and oxygen atoms in total. The van der Waals surface area contributed by atoms with Crippen molar-refractivity contribution >= 4 is 34.4 Å². The van der Waals surface area contributed by atoms with Gasteiger partial charge in [-0.2, -0.15) is 10.2 Å². The van der Waals surface area contributed by atoms with Gasteiger partial charge in [0.1, 0.15) is 0 Å². The molecule has 35 heavy (non-hydrogen) atoms. The Labute approximate surface area is 207 Å². The molecule has 0 atom stereocenters. The number of azo groups is 1. The van der Waals surface area contributed by atoms with Gasteiger partial charge in [0.25, 0.3) is 0 Å². The SMILES string of the molecule is CCOC(=O)c1ccc(N(C)c2cc(C)c(/N=N/c3ccc(N4CCOCC4)cc3)cc2C)cc1. The zero-order chi connectivity index (χ0) is 24.8. The lowest BCUT2D eigenvalue weighted by atomic mass is 10.1. The molecule has 0 saturated carbocycles. The minimum absolute atomic E-state index is 0.306. The maximum atomic E-state index is 11.9. The Bertz CT molecular complexity index is 1180. The molecule has 182 valence electrons. The predicted molar refractivity (Wildman–Crippen MR) is 140 cm³/mol. The molecule has 1 heterocycles. The van der Waals surface area contributed by atoms with E-state index in [2.05, 4.69) is 51.2 Å². The van der Waals surface area contributed by atoms with Gasteiger partial charge in [0, 0.05) is 37.2 Å². The molecular formula is C28H32N4O3. The summed E-state index contributed by atoms with van der Waals surface area (Å²) in [6, 6.07) is 19.8. The average Bonchev–Trinajstić information content (AvgIpc) is 2.89. The summed E-state index contributed by atoms with van der Waals surface area (Å²) in [4.78, 5) is 16.3. The van der Waals surface area contributed by atoms with Gasteiger partial charge in [-0.1, -0.05) is 0 Å². The molecule has 0 bridgehead atoms. The van der Waals surface area contributed by atoms with E-state index in [-0.39, 0.29) is 5.97 Å². The van der Waals surface area contributed by atoms with E-state index in [4.69, 9.17) is 9.47 Å². The molecule has 1 fully saturated rings. The number of carbonyl (C=O) groups excluding carboxylic acids is 1. The van der Waals surface area contributed by atoms with Gasteiger partial charge in [0.15, 0.2) is 0 Å². The van der Waals surface area contributed by atoms with Crippen molar-refractivity contribution in [3.63, 3.8) is 0 Å². The number of aryl methyl sites for hydroxylation is 2. The molecule has 0 spiro atoms. The van der Waals surface area contributed by atoms with E-state index in [0.29, 0.717) is 12.2 Å². The Morgan fingerprint density at radius 3 is 2.31 bits per heavy atom. The third-order valence-electron chi connectivity index (χ3n) is 6.14. The minimum atomic E-state index is -0.306. The Kier molecular flexibility index (Phi) is 7.77. The topological polar surface area (TPSA) is 66.7 Å². The second-order valence-corrected chi connectivity index (χ2v) is 8.57. The molecule has 0 aliphatic carbocycles. The third-order valence-corrected chi connectivity index (χ3v) is 6.14. The quantitative estimate of drug-likeness (QED) is 0.290. The molecule has 7 heteroatoms. The van der Waals surface area contributed by atoms with Crippen molar-refractivity contribution in [2.45, 2.75) is 20.8 Å². The highest BCUT2D eigenvalue weighted by Gasteiger charge is 2.13. The second-order valence-electron chi connectivity index (χ2n) is 8.57. The van der Waals surface area contributed by atoms with E-state index in [1.54, 1.807) is 19.1 Å². The zero-order valence-electron chi connectivity index (χ0n) is 20.8. The second kappa shape index (κ2) is 11.1. The van der Waals surface area contributed by atoms with Gasteiger partial charge >= 0.3 is 5.97 Å². The maximum absolute atomic E-state index is 11.9. The highest BCUT2D eigenvalue weighted by atomic mass is 16.5. The lowest BCUT2D eigenvalue weighted by Crippen LogP contribution is -2.36. The molecule has 0 aromatic heterocycles. The number of morpholine rings is 1. The summed E-state index contributed by atoms with van der Waals surface area (Å²) in [7, 11) is 2.01. The first-order valence-electron chi connectivity index (χ1n) is 11.9. The lowest BCUT2D eigenvalue weighted by Gasteiger charge is -2.28. The number of ether oxygens (including phenoxy) is 2. The molecule has 0 N–H and O–H groups in total. The third kappa shape index (κ3) is 5.87. The first-order valence-corrected chi connectivity index (χ1v) is 11.9. The first kappa shape index (κ1) is 24.4. The van der Waals surface area contributed by atoms with Crippen molar-refractivity contribution < 1.29 is 14.3 Å². The highest BCUT2D eigenvalue weighted by molar-refractivity contribution is 5.90. The molecule has 0 unspecified atom stereocenters. The standard InChI is InChI=1S/C28H32N4O3/c1-5-35-28(33)22-6-10-24(11-7-22)31(4)27-19-20(2)26(18-21(27)3)30-29-23-8-12-25(13-9-23)32-14-16-34-17-15-32/h6-13,18-19H,5,14-17H2,1-4H3/b30-29+. The fourth-order valence-electron chi connectivity index (χ4n) is 4.09. The largest absolute Gasteiger partial charge is 0.462 e. The highest BCUT2D eigenvalue weighted by Crippen LogP contribution is 2.33. The number of hydrogen-bond acceptors (Lipinski definition) is 7. The van der Waals surface area contributed by atoms with Crippen molar-refractivity contribution in [3.05, 3.63) is 77.4 Å². The zero-order valence-corrected chi connectivity index (χ0v) is 20.8. The van der Waals surface area contributed by atoms with Gasteiger partial charge in [0.05, 0.1) is 36.8 Å². The average molecular weight is 473 g/mol. The van der Waals surface area contributed by atoms with Crippen molar-refractivity contribution in [1.82, 2.24) is 0 Å². The van der Waals surface area contributed by atoms with Crippen molar-refractivity contribution in [1.29, 1.82) is 0 Å². The van der Waals surface area contributed by atoms with Crippen molar-refractivity contribution in [3.8, 4) is 0 Å². The van der Waals surface area contributed by atoms with Crippen LogP contribution in [0, 0.1) is 13.8 Å². The Morgan fingerprint density at radius 1 is 0.971 bits per heavy atom. The number of anilines is 3. The maximum Gasteiger partial charge on any atom is 0.338 e. The van der Waals surface area contributed by atoms with Gasteiger partial charge in [0.2, 0.25) is 0 Å². The van der Waals surface area contributed by atoms with E-state index in [1.165, 1.54) is 5.69 Å². The van der Waals surface area contributed by atoms with Crippen LogP contribution in [0.5, 0.6) is 0 Å². The van der Waals surface area contributed by atoms with Gasteiger partial charge in [-0.05, 0) is 92.6 Å². The molecule has 3 aromatic carbocycles. The minimum Gasteiger partial charge on any atom is -0.462 e. The number of nitrogens with zero attached hydrogens (tertiary/aromatic N) is 4. The van der Waals surface area contributed by atoms with E-state index < -0.39 is 0 Å². The van der Waals surface area contributed by atoms with E-state index in [1.807, 2.05) is 38.2 Å². The van der Waals surface area contributed by atoms with Crippen LogP contribution in [0.3, 0.4) is 0 Å². The molecule has 1 saturated heterocycles. The summed E-state index contributed by atoms with van der Waals surface area (Å²) < 4.78 is 10.5. The molecule has 1 aliphatic rings. The van der Waals surface area contributed by atoms with Crippen LogP contribution in [0.1, 0.15) is 28.4 Å². The predicted octanol–water partition coefficient (Wildman–Crippen LogP) is 6.50. The summed E-state index contributed by atoms with van der Waals surface area (Å²) in [5, 5.41) is 8.99. The Balaban J connectivity index is 1.47. The van der Waals surface area contributed by atoms with Crippen LogP contribution in [0.4, 0.5) is 28.4 Å². The van der Waals surface area contributed by atoms with Crippen LogP contribution in [-0.2, 0) is 9.47 Å². The summed E-state index contributed by atoms with van der Waals surface area (Å²) in [6.07, 6.45) is 0. The first-order chi connectivity index (χ1) is 17.0. The van der Waals surface area contributed by atoms with E-state index in [9.17, 15) is 4.79 Å². The van der Waals surface area contributed by atoms with Crippen LogP contribution in [-0.4, -0.2) is 45.9 Å². The van der Waals surface area contributed by atoms with Gasteiger partial charge in [-0.25, -0.2) is 4.79 Å². The Morgan fingerprint density at radius 2 is 1.66 bits per heavy atom. The number of benzene rings is 3. The number of hydrogen-bond donors (Lipinski definition) is 0. The van der Waals surface area contributed by atoms with Crippen LogP contribution >= 0.6 is 0 Å². The molecule has 0 radical (unpaired) electrons. The molecule has 3 aromatic rings. The normalized spacial score (nSPS) is 13.8. The summed E-state index contributed by atoms with van der Waals surface area (Å²) in [5.41, 5.74) is 7.57.